The molecule has 2 rings (SSSR count). The minimum Gasteiger partial charge on any atom is -0.493 e. The lowest BCUT2D eigenvalue weighted by Crippen LogP contribution is -2.17. The molecular formula is C17H17ClN2O4. The molecule has 0 saturated heterocycles. The van der Waals surface area contributed by atoms with Gasteiger partial charge in [0.15, 0.2) is 18.1 Å². The molecule has 0 bridgehead atoms. The van der Waals surface area contributed by atoms with Gasteiger partial charge in [0.25, 0.3) is 5.91 Å². The summed E-state index contributed by atoms with van der Waals surface area (Å²) in [7, 11) is 3.07. The van der Waals surface area contributed by atoms with E-state index in [1.807, 2.05) is 0 Å². The van der Waals surface area contributed by atoms with Gasteiger partial charge in [-0.1, -0.05) is 28.9 Å². The zero-order valence-corrected chi connectivity index (χ0v) is 14.0. The van der Waals surface area contributed by atoms with E-state index in [1.165, 1.54) is 13.3 Å². The number of nitrogens with zero attached hydrogens (tertiary/aromatic N) is 1. The monoisotopic (exact) mass is 348 g/mol. The van der Waals surface area contributed by atoms with Crippen molar-refractivity contribution < 1.29 is 19.1 Å². The van der Waals surface area contributed by atoms with Crippen LogP contribution in [-0.4, -0.2) is 32.9 Å². The van der Waals surface area contributed by atoms with E-state index in [-0.39, 0.29) is 12.5 Å². The van der Waals surface area contributed by atoms with Gasteiger partial charge in [0.05, 0.1) is 20.4 Å². The number of methoxy groups -OCH3 is 2. The number of hydrogen-bond acceptors (Lipinski definition) is 5. The summed E-state index contributed by atoms with van der Waals surface area (Å²) >= 11 is 5.79. The molecule has 24 heavy (non-hydrogen) atoms. The molecule has 2 aromatic carbocycles. The van der Waals surface area contributed by atoms with Crippen molar-refractivity contribution in [1.82, 2.24) is 0 Å². The van der Waals surface area contributed by atoms with Gasteiger partial charge in [0.1, 0.15) is 0 Å². The molecule has 0 aromatic heterocycles. The molecule has 0 heterocycles. The summed E-state index contributed by atoms with van der Waals surface area (Å²) in [6, 6.07) is 12.1. The highest BCUT2D eigenvalue weighted by Crippen LogP contribution is 2.29. The SMILES string of the molecule is COc1ccc(NC(=O)CO/N=C/c2ccc(Cl)cc2)cc1OC. The summed E-state index contributed by atoms with van der Waals surface area (Å²) in [4.78, 5) is 16.8. The van der Waals surface area contributed by atoms with Crippen molar-refractivity contribution >= 4 is 29.4 Å². The van der Waals surface area contributed by atoms with E-state index < -0.39 is 0 Å². The Bertz CT molecular complexity index is 717. The number of anilines is 1. The van der Waals surface area contributed by atoms with Crippen LogP contribution in [-0.2, 0) is 9.63 Å². The van der Waals surface area contributed by atoms with Gasteiger partial charge < -0.3 is 19.6 Å². The number of ether oxygens (including phenoxy) is 2. The second-order valence-corrected chi connectivity index (χ2v) is 5.11. The van der Waals surface area contributed by atoms with Crippen molar-refractivity contribution in [3.8, 4) is 11.5 Å². The molecule has 126 valence electrons. The fourth-order valence-electron chi connectivity index (χ4n) is 1.85. The maximum atomic E-state index is 11.8. The molecule has 2 aromatic rings. The molecule has 0 aliphatic rings. The third-order valence-electron chi connectivity index (χ3n) is 3.01. The average molecular weight is 349 g/mol. The van der Waals surface area contributed by atoms with Crippen molar-refractivity contribution in [3.63, 3.8) is 0 Å². The molecule has 1 N–H and O–H groups in total. The molecule has 6 nitrogen and oxygen atoms in total. The Labute approximate surface area is 145 Å². The summed E-state index contributed by atoms with van der Waals surface area (Å²) in [6.07, 6.45) is 1.50. The number of hydrogen-bond donors (Lipinski definition) is 1. The first-order valence-electron chi connectivity index (χ1n) is 7.05. The molecule has 0 atom stereocenters. The molecule has 0 aliphatic carbocycles. The number of nitrogens with one attached hydrogen (secondary N) is 1. The molecule has 0 saturated carbocycles. The van der Waals surface area contributed by atoms with Gasteiger partial charge in [-0.05, 0) is 29.8 Å². The summed E-state index contributed by atoms with van der Waals surface area (Å²) in [5, 5.41) is 7.06. The predicted molar refractivity (Wildman–Crippen MR) is 93.2 cm³/mol. The van der Waals surface area contributed by atoms with Crippen LogP contribution in [0.15, 0.2) is 47.6 Å². The van der Waals surface area contributed by atoms with Crippen molar-refractivity contribution in [1.29, 1.82) is 0 Å². The van der Waals surface area contributed by atoms with Crippen molar-refractivity contribution in [2.75, 3.05) is 26.1 Å². The second-order valence-electron chi connectivity index (χ2n) is 4.68. The van der Waals surface area contributed by atoms with Crippen molar-refractivity contribution in [2.45, 2.75) is 0 Å². The van der Waals surface area contributed by atoms with Gasteiger partial charge in [-0.15, -0.1) is 0 Å². The molecule has 0 fully saturated rings. The van der Waals surface area contributed by atoms with Crippen LogP contribution in [0.4, 0.5) is 5.69 Å². The zero-order valence-electron chi connectivity index (χ0n) is 13.3. The molecular weight excluding hydrogens is 332 g/mol. The number of carbonyl (C=O) groups is 1. The lowest BCUT2D eigenvalue weighted by molar-refractivity contribution is -0.120. The van der Waals surface area contributed by atoms with Gasteiger partial charge in [-0.2, -0.15) is 0 Å². The molecule has 1 amide bonds. The fraction of sp³-hybridized carbons (Fsp3) is 0.176. The Morgan fingerprint density at radius 2 is 1.83 bits per heavy atom. The van der Waals surface area contributed by atoms with Crippen LogP contribution in [0.2, 0.25) is 5.02 Å². The van der Waals surface area contributed by atoms with E-state index in [0.29, 0.717) is 22.2 Å². The Hall–Kier alpha value is -2.73. The first-order chi connectivity index (χ1) is 11.6. The lowest BCUT2D eigenvalue weighted by Gasteiger charge is -2.10. The minimum absolute atomic E-state index is 0.210. The summed E-state index contributed by atoms with van der Waals surface area (Å²) in [6.45, 7) is -0.210. The Morgan fingerprint density at radius 1 is 1.12 bits per heavy atom. The first kappa shape index (κ1) is 17.6. The largest absolute Gasteiger partial charge is 0.493 e. The third kappa shape index (κ3) is 5.17. The van der Waals surface area contributed by atoms with Crippen molar-refractivity contribution in [2.24, 2.45) is 5.16 Å². The highest BCUT2D eigenvalue weighted by Gasteiger charge is 2.07. The van der Waals surface area contributed by atoms with Crippen LogP contribution in [0.1, 0.15) is 5.56 Å². The predicted octanol–water partition coefficient (Wildman–Crippen LogP) is 3.35. The van der Waals surface area contributed by atoms with E-state index in [1.54, 1.807) is 49.6 Å². The van der Waals surface area contributed by atoms with E-state index >= 15 is 0 Å². The van der Waals surface area contributed by atoms with E-state index in [2.05, 4.69) is 10.5 Å². The van der Waals surface area contributed by atoms with Crippen LogP contribution in [0.25, 0.3) is 0 Å². The quantitative estimate of drug-likeness (QED) is 0.615. The van der Waals surface area contributed by atoms with Crippen LogP contribution in [0.3, 0.4) is 0 Å². The highest BCUT2D eigenvalue weighted by molar-refractivity contribution is 6.30. The molecule has 0 radical (unpaired) electrons. The van der Waals surface area contributed by atoms with Gasteiger partial charge in [0, 0.05) is 16.8 Å². The van der Waals surface area contributed by atoms with E-state index in [4.69, 9.17) is 25.9 Å². The Balaban J connectivity index is 1.84. The van der Waals surface area contributed by atoms with Gasteiger partial charge in [-0.25, -0.2) is 0 Å². The number of carbonyl (C=O) groups excluding carboxylic acids is 1. The van der Waals surface area contributed by atoms with Crippen LogP contribution in [0.5, 0.6) is 11.5 Å². The Kier molecular flexibility index (Phi) is 6.45. The van der Waals surface area contributed by atoms with Crippen LogP contribution < -0.4 is 14.8 Å². The van der Waals surface area contributed by atoms with Crippen LogP contribution in [0, 0.1) is 0 Å². The third-order valence-corrected chi connectivity index (χ3v) is 3.26. The van der Waals surface area contributed by atoms with Crippen molar-refractivity contribution in [3.05, 3.63) is 53.1 Å². The molecule has 0 aliphatic heterocycles. The number of rotatable bonds is 7. The molecule has 0 spiro atoms. The maximum absolute atomic E-state index is 11.8. The molecule has 7 heteroatoms. The normalized spacial score (nSPS) is 10.5. The van der Waals surface area contributed by atoms with Crippen LogP contribution >= 0.6 is 11.6 Å². The zero-order chi connectivity index (χ0) is 17.4. The highest BCUT2D eigenvalue weighted by atomic mass is 35.5. The van der Waals surface area contributed by atoms with Gasteiger partial charge in [-0.3, -0.25) is 4.79 Å². The van der Waals surface area contributed by atoms with Gasteiger partial charge in [0.2, 0.25) is 0 Å². The second kappa shape index (κ2) is 8.79. The van der Waals surface area contributed by atoms with E-state index in [9.17, 15) is 4.79 Å². The minimum atomic E-state index is -0.338. The van der Waals surface area contributed by atoms with E-state index in [0.717, 1.165) is 5.56 Å². The maximum Gasteiger partial charge on any atom is 0.265 e. The number of halogens is 1. The topological polar surface area (TPSA) is 69.2 Å². The molecule has 0 unspecified atom stereocenters. The summed E-state index contributed by atoms with van der Waals surface area (Å²) < 4.78 is 10.3. The summed E-state index contributed by atoms with van der Waals surface area (Å²) in [5.74, 6) is 0.770. The number of benzene rings is 2. The Morgan fingerprint density at radius 3 is 2.50 bits per heavy atom. The fourth-order valence-corrected chi connectivity index (χ4v) is 1.98. The summed E-state index contributed by atoms with van der Waals surface area (Å²) in [5.41, 5.74) is 1.39. The lowest BCUT2D eigenvalue weighted by atomic mass is 10.2. The average Bonchev–Trinajstić information content (AvgIpc) is 2.60. The first-order valence-corrected chi connectivity index (χ1v) is 7.43. The van der Waals surface area contributed by atoms with Gasteiger partial charge >= 0.3 is 0 Å². The smallest absolute Gasteiger partial charge is 0.265 e. The number of amides is 1. The standard InChI is InChI=1S/C17H17ClN2O4/c1-22-15-8-7-14(9-16(15)23-2)20-17(21)11-24-19-10-12-3-5-13(18)6-4-12/h3-10H,11H2,1-2H3,(H,20,21)/b19-10+. The number of oxime groups is 1.